The number of carbonyl (C=O) groups excluding carboxylic acids is 4. The van der Waals surface area contributed by atoms with Gasteiger partial charge in [0.1, 0.15) is 11.5 Å². The first-order chi connectivity index (χ1) is 24.7. The van der Waals surface area contributed by atoms with E-state index in [9.17, 15) is 24.7 Å². The molecule has 1 saturated heterocycles. The predicted octanol–water partition coefficient (Wildman–Crippen LogP) is 4.11. The molecular formula is C41H34BNO8. The monoisotopic (exact) mass is 679 g/mol. The number of fused-ring (bicyclic) bond motifs is 4. The molecule has 3 aliphatic carbocycles. The van der Waals surface area contributed by atoms with Crippen molar-refractivity contribution in [2.24, 2.45) is 23.7 Å². The summed E-state index contributed by atoms with van der Waals surface area (Å²) in [5.74, 6) is -4.93. The summed E-state index contributed by atoms with van der Waals surface area (Å²) >= 11 is 0. The minimum atomic E-state index is -1.79. The molecule has 4 aliphatic rings. The Balaban J connectivity index is 1.36. The molecule has 6 atom stereocenters. The summed E-state index contributed by atoms with van der Waals surface area (Å²) in [6, 6.07) is 29.1. The first-order valence-electron chi connectivity index (χ1n) is 17.0. The van der Waals surface area contributed by atoms with E-state index in [1.807, 2.05) is 54.6 Å². The largest absolute Gasteiger partial charge is 0.508 e. The number of phenolic OH excluding ortho intramolecular Hbond substituents is 1. The van der Waals surface area contributed by atoms with Gasteiger partial charge in [-0.15, -0.1) is 0 Å². The maximum atomic E-state index is 15.2. The maximum Gasteiger partial charge on any atom is 0.488 e. The number of aromatic hydroxyl groups is 1. The Kier molecular flexibility index (Phi) is 7.89. The Morgan fingerprint density at radius 1 is 0.824 bits per heavy atom. The maximum absolute atomic E-state index is 15.2. The third kappa shape index (κ3) is 4.85. The van der Waals surface area contributed by atoms with Crippen LogP contribution in [0.5, 0.6) is 11.5 Å². The number of Topliss-reactive ketones (excluding diaryl/α,β-unsaturated/α-hetero) is 1. The van der Waals surface area contributed by atoms with Gasteiger partial charge in [-0.1, -0.05) is 90.5 Å². The molecule has 1 saturated carbocycles. The normalized spacial score (nSPS) is 26.9. The summed E-state index contributed by atoms with van der Waals surface area (Å²) < 4.78 is 5.83. The van der Waals surface area contributed by atoms with Crippen molar-refractivity contribution in [3.63, 3.8) is 0 Å². The van der Waals surface area contributed by atoms with Crippen LogP contribution in [0.3, 0.4) is 0 Å². The molecule has 0 bridgehead atoms. The number of hydrogen-bond acceptors (Lipinski definition) is 8. The number of anilines is 1. The molecule has 0 radical (unpaired) electrons. The van der Waals surface area contributed by atoms with E-state index in [4.69, 9.17) is 4.74 Å². The molecule has 4 aromatic rings. The zero-order chi connectivity index (χ0) is 35.6. The van der Waals surface area contributed by atoms with Gasteiger partial charge in [-0.2, -0.15) is 0 Å². The molecule has 0 unspecified atom stereocenters. The van der Waals surface area contributed by atoms with E-state index in [-0.39, 0.29) is 41.3 Å². The third-order valence-electron chi connectivity index (χ3n) is 11.3. The number of allylic oxidation sites excluding steroid dienone is 4. The van der Waals surface area contributed by atoms with Crippen molar-refractivity contribution in [2.45, 2.75) is 24.2 Å². The molecule has 0 aromatic heterocycles. The molecule has 1 heterocycles. The van der Waals surface area contributed by atoms with Crippen LogP contribution in [0.25, 0.3) is 5.57 Å². The summed E-state index contributed by atoms with van der Waals surface area (Å²) in [5, 5.41) is 30.2. The molecule has 1 aliphatic heterocycles. The number of rotatable bonds is 6. The Hall–Kier alpha value is -5.58. The molecule has 51 heavy (non-hydrogen) atoms. The van der Waals surface area contributed by atoms with Crippen LogP contribution in [0.1, 0.15) is 35.4 Å². The lowest BCUT2D eigenvalue weighted by molar-refractivity contribution is -0.135. The number of amides is 2. The molecule has 3 N–H and O–H groups in total. The number of nitrogens with zero attached hydrogens (tertiary/aromatic N) is 1. The van der Waals surface area contributed by atoms with E-state index in [0.717, 1.165) is 10.5 Å². The van der Waals surface area contributed by atoms with Crippen molar-refractivity contribution < 1.29 is 39.1 Å². The lowest BCUT2D eigenvalue weighted by Gasteiger charge is -2.55. The van der Waals surface area contributed by atoms with Crippen LogP contribution in [0.15, 0.2) is 121 Å². The highest BCUT2D eigenvalue weighted by Crippen LogP contribution is 2.64. The van der Waals surface area contributed by atoms with Crippen LogP contribution >= 0.6 is 0 Å². The van der Waals surface area contributed by atoms with Crippen LogP contribution in [0.2, 0.25) is 0 Å². The lowest BCUT2D eigenvalue weighted by atomic mass is 9.44. The van der Waals surface area contributed by atoms with E-state index in [2.05, 4.69) is 0 Å². The third-order valence-corrected chi connectivity index (χ3v) is 11.3. The number of methoxy groups -OCH3 is 1. The minimum absolute atomic E-state index is 0.0364. The van der Waals surface area contributed by atoms with Crippen molar-refractivity contribution >= 4 is 47.2 Å². The topological polar surface area (TPSA) is 141 Å². The lowest BCUT2D eigenvalue weighted by Crippen LogP contribution is -2.58. The van der Waals surface area contributed by atoms with Gasteiger partial charge in [0.25, 0.3) is 0 Å². The van der Waals surface area contributed by atoms with Crippen LogP contribution in [-0.4, -0.2) is 52.8 Å². The van der Waals surface area contributed by atoms with Crippen molar-refractivity contribution in [3.05, 3.63) is 138 Å². The second-order valence-corrected chi connectivity index (χ2v) is 13.7. The molecule has 10 heteroatoms. The van der Waals surface area contributed by atoms with Crippen molar-refractivity contribution in [1.29, 1.82) is 0 Å². The van der Waals surface area contributed by atoms with Gasteiger partial charge in [-0.05, 0) is 59.6 Å². The summed E-state index contributed by atoms with van der Waals surface area (Å²) in [7, 11) is -0.313. The van der Waals surface area contributed by atoms with Gasteiger partial charge in [-0.25, -0.2) is 0 Å². The van der Waals surface area contributed by atoms with Gasteiger partial charge in [-0.3, -0.25) is 24.1 Å². The smallest absolute Gasteiger partial charge is 0.488 e. The molecule has 4 aromatic carbocycles. The second kappa shape index (κ2) is 12.3. The molecule has 2 amide bonds. The van der Waals surface area contributed by atoms with Crippen LogP contribution < -0.4 is 15.1 Å². The summed E-state index contributed by atoms with van der Waals surface area (Å²) in [5.41, 5.74) is 1.83. The van der Waals surface area contributed by atoms with Crippen molar-refractivity contribution in [3.8, 4) is 11.5 Å². The summed E-state index contributed by atoms with van der Waals surface area (Å²) in [6.07, 6.45) is 3.78. The molecule has 254 valence electrons. The quantitative estimate of drug-likeness (QED) is 0.157. The number of carbonyl (C=O) groups is 4. The van der Waals surface area contributed by atoms with Crippen molar-refractivity contribution in [2.75, 3.05) is 12.0 Å². The summed E-state index contributed by atoms with van der Waals surface area (Å²) in [4.78, 5) is 60.0. The van der Waals surface area contributed by atoms with Crippen LogP contribution in [0.4, 0.5) is 5.69 Å². The van der Waals surface area contributed by atoms with Crippen LogP contribution in [0, 0.1) is 23.7 Å². The fourth-order valence-electron chi connectivity index (χ4n) is 9.24. The first kappa shape index (κ1) is 32.6. The van der Waals surface area contributed by atoms with Gasteiger partial charge in [0.15, 0.2) is 11.6 Å². The Bertz CT molecular complexity index is 2160. The molecule has 9 nitrogen and oxygen atoms in total. The van der Waals surface area contributed by atoms with Gasteiger partial charge < -0.3 is 19.9 Å². The number of ketones is 2. The van der Waals surface area contributed by atoms with Gasteiger partial charge in [0, 0.05) is 29.0 Å². The Labute approximate surface area is 294 Å². The number of phenols is 1. The highest BCUT2D eigenvalue weighted by Gasteiger charge is 2.66. The zero-order valence-corrected chi connectivity index (χ0v) is 27.7. The molecular weight excluding hydrogens is 645 g/mol. The number of hydrogen-bond donors (Lipinski definition) is 3. The molecule has 2 fully saturated rings. The zero-order valence-electron chi connectivity index (χ0n) is 27.7. The average molecular weight is 680 g/mol. The van der Waals surface area contributed by atoms with Gasteiger partial charge in [0.05, 0.1) is 30.0 Å². The summed E-state index contributed by atoms with van der Waals surface area (Å²) in [6.45, 7) is 0. The fourth-order valence-corrected chi connectivity index (χ4v) is 9.24. The highest BCUT2D eigenvalue weighted by molar-refractivity contribution is 6.58. The fraction of sp³-hybridized carbons (Fsp3) is 0.220. The molecule has 8 rings (SSSR count). The minimum Gasteiger partial charge on any atom is -0.508 e. The SMILES string of the molecule is COc1cc(O)ccc1[C@H]1C2=CC[C@@H]3C(=O)N(c4cccc(B(O)O)c4)C(=O)[C@@H]3[C@@H]2C[C@H]2C(=O)C(c3ccccc3)=CC(=O)[C@@]12c1ccccc1. The number of benzene rings is 4. The predicted molar refractivity (Wildman–Crippen MR) is 190 cm³/mol. The highest BCUT2D eigenvalue weighted by atomic mass is 16.5. The van der Waals surface area contributed by atoms with E-state index >= 15 is 9.59 Å². The van der Waals surface area contributed by atoms with E-state index < -0.39 is 53.9 Å². The number of imide groups is 1. The molecule has 0 spiro atoms. The van der Waals surface area contributed by atoms with Gasteiger partial charge in [0.2, 0.25) is 11.8 Å². The average Bonchev–Trinajstić information content (AvgIpc) is 3.41. The second-order valence-electron chi connectivity index (χ2n) is 13.7. The Morgan fingerprint density at radius 3 is 2.25 bits per heavy atom. The van der Waals surface area contributed by atoms with E-state index in [1.54, 1.807) is 30.3 Å². The van der Waals surface area contributed by atoms with E-state index in [1.165, 1.54) is 37.5 Å². The first-order valence-corrected chi connectivity index (χ1v) is 17.0. The standard InChI is InChI=1S/C41H34BNO8/c1-51-34-20-27(44)15-16-29(34)37-28-17-18-30-36(40(48)43(39(30)47)26-14-8-13-25(19-26)42(49)50)32(28)21-33-38(46)31(23-9-4-2-5-10-23)22-35(45)41(33,37)24-11-6-3-7-12-24/h2-17,19-20,22,30,32-33,36-37,44,49-50H,18,21H2,1H3/t30-,32+,33-,36-,37+,41-/m0/s1. The van der Waals surface area contributed by atoms with Gasteiger partial charge >= 0.3 is 7.12 Å². The van der Waals surface area contributed by atoms with E-state index in [0.29, 0.717) is 28.0 Å². The van der Waals surface area contributed by atoms with Crippen LogP contribution in [-0.2, 0) is 24.6 Å². The Morgan fingerprint density at radius 2 is 1.55 bits per heavy atom. The number of ether oxygens (including phenoxy) is 1. The van der Waals surface area contributed by atoms with Crippen molar-refractivity contribution in [1.82, 2.24) is 0 Å².